The van der Waals surface area contributed by atoms with Gasteiger partial charge in [0, 0.05) is 16.2 Å². The van der Waals surface area contributed by atoms with Crippen LogP contribution in [-0.4, -0.2) is 32.5 Å². The quantitative estimate of drug-likeness (QED) is 0.138. The molecule has 0 heterocycles. The van der Waals surface area contributed by atoms with E-state index in [1.807, 2.05) is 62.4 Å². The topological polar surface area (TPSA) is 60.4 Å². The molecule has 0 saturated heterocycles. The van der Waals surface area contributed by atoms with Crippen molar-refractivity contribution < 1.29 is 17.9 Å². The molecule has 0 bridgehead atoms. The maximum Gasteiger partial charge on any atom is 0.333 e. The van der Waals surface area contributed by atoms with Gasteiger partial charge in [-0.1, -0.05) is 63.3 Å². The zero-order valence-electron chi connectivity index (χ0n) is 18.3. The molecule has 0 aliphatic carbocycles. The number of benzene rings is 2. The third-order valence-electron chi connectivity index (χ3n) is 4.72. The molecule has 0 radical (unpaired) electrons. The molecule has 0 aliphatic rings. The number of esters is 1. The van der Waals surface area contributed by atoms with Crippen LogP contribution < -0.4 is 0 Å². The van der Waals surface area contributed by atoms with Gasteiger partial charge in [-0.25, -0.2) is 13.2 Å². The predicted octanol–water partition coefficient (Wildman–Crippen LogP) is 5.89. The van der Waals surface area contributed by atoms with Crippen LogP contribution in [0.25, 0.3) is 12.2 Å². The van der Waals surface area contributed by atoms with Crippen molar-refractivity contribution in [2.75, 3.05) is 18.1 Å². The van der Waals surface area contributed by atoms with Crippen LogP contribution in [-0.2, 0) is 19.4 Å². The molecule has 0 spiro atoms. The second-order valence-corrected chi connectivity index (χ2v) is 10.7. The number of hydrogen-bond acceptors (Lipinski definition) is 5. The Bertz CT molecular complexity index is 1000. The Kier molecular flexibility index (Phi) is 9.59. The van der Waals surface area contributed by atoms with Crippen LogP contribution >= 0.6 is 11.8 Å². The maximum atomic E-state index is 12.4. The minimum absolute atomic E-state index is 0.150. The summed E-state index contributed by atoms with van der Waals surface area (Å²) in [6.07, 6.45) is 4.80. The van der Waals surface area contributed by atoms with Crippen LogP contribution in [0, 0.1) is 5.92 Å². The van der Waals surface area contributed by atoms with E-state index in [4.69, 9.17) is 4.74 Å². The van der Waals surface area contributed by atoms with E-state index in [0.29, 0.717) is 22.8 Å². The highest BCUT2D eigenvalue weighted by molar-refractivity contribution is 7.99. The number of hydrogen-bond donors (Lipinski definition) is 0. The largest absolute Gasteiger partial charge is 0.461 e. The fourth-order valence-corrected chi connectivity index (χ4v) is 5.12. The standard InChI is InChI=1S/C25H30O4S2/c1-5-20(4)18-31(27,28)24-14-10-22(11-15-24)7-6-21-8-12-23(13-9-21)30-17-16-29-25(26)19(2)3/h6-15,20H,2,5,16-18H2,1,3-4H3/b7-6+. The number of ether oxygens (including phenoxy) is 1. The lowest BCUT2D eigenvalue weighted by atomic mass is 10.1. The van der Waals surface area contributed by atoms with Crippen LogP contribution in [0.4, 0.5) is 0 Å². The second-order valence-electron chi connectivity index (χ2n) is 7.53. The Morgan fingerprint density at radius 3 is 2.13 bits per heavy atom. The Hall–Kier alpha value is -2.31. The van der Waals surface area contributed by atoms with E-state index in [1.165, 1.54) is 0 Å². The van der Waals surface area contributed by atoms with E-state index in [0.717, 1.165) is 22.4 Å². The highest BCUT2D eigenvalue weighted by Crippen LogP contribution is 2.20. The molecule has 31 heavy (non-hydrogen) atoms. The summed E-state index contributed by atoms with van der Waals surface area (Å²) >= 11 is 1.62. The molecular formula is C25H30O4S2. The van der Waals surface area contributed by atoms with E-state index in [2.05, 4.69) is 6.58 Å². The van der Waals surface area contributed by atoms with Crippen LogP contribution in [0.5, 0.6) is 0 Å². The predicted molar refractivity (Wildman–Crippen MR) is 130 cm³/mol. The van der Waals surface area contributed by atoms with Gasteiger partial charge >= 0.3 is 5.97 Å². The third kappa shape index (κ3) is 8.38. The molecule has 166 valence electrons. The third-order valence-corrected chi connectivity index (χ3v) is 7.70. The zero-order valence-corrected chi connectivity index (χ0v) is 20.0. The molecule has 0 aliphatic heterocycles. The zero-order chi connectivity index (χ0) is 22.9. The monoisotopic (exact) mass is 458 g/mol. The number of thioether (sulfide) groups is 1. The molecule has 0 amide bonds. The molecule has 2 rings (SSSR count). The van der Waals surface area contributed by atoms with Gasteiger partial charge in [0.05, 0.1) is 10.6 Å². The van der Waals surface area contributed by atoms with E-state index >= 15 is 0 Å². The van der Waals surface area contributed by atoms with Gasteiger partial charge in [0.25, 0.3) is 0 Å². The minimum atomic E-state index is -3.24. The first-order valence-corrected chi connectivity index (χ1v) is 12.9. The molecule has 0 aromatic heterocycles. The van der Waals surface area contributed by atoms with Gasteiger partial charge in [-0.2, -0.15) is 0 Å². The molecule has 0 fully saturated rings. The molecule has 0 N–H and O–H groups in total. The van der Waals surface area contributed by atoms with Crippen molar-refractivity contribution in [1.29, 1.82) is 0 Å². The average molecular weight is 459 g/mol. The van der Waals surface area contributed by atoms with Crippen molar-refractivity contribution >= 4 is 39.7 Å². The summed E-state index contributed by atoms with van der Waals surface area (Å²) in [4.78, 5) is 12.8. The van der Waals surface area contributed by atoms with Crippen LogP contribution in [0.15, 0.2) is 70.5 Å². The van der Waals surface area contributed by atoms with E-state index in [1.54, 1.807) is 30.8 Å². The molecule has 2 aromatic carbocycles. The molecular weight excluding hydrogens is 428 g/mol. The average Bonchev–Trinajstić information content (AvgIpc) is 2.75. The normalized spacial score (nSPS) is 12.6. The molecule has 6 heteroatoms. The molecule has 1 unspecified atom stereocenters. The van der Waals surface area contributed by atoms with Gasteiger partial charge in [-0.3, -0.25) is 0 Å². The lowest BCUT2D eigenvalue weighted by Gasteiger charge is -2.09. The maximum absolute atomic E-state index is 12.4. The smallest absolute Gasteiger partial charge is 0.333 e. The summed E-state index contributed by atoms with van der Waals surface area (Å²) in [5.41, 5.74) is 2.40. The lowest BCUT2D eigenvalue weighted by molar-refractivity contribution is -0.138. The number of sulfone groups is 1. The molecule has 0 saturated carbocycles. The van der Waals surface area contributed by atoms with Gasteiger partial charge in [0.1, 0.15) is 6.61 Å². The van der Waals surface area contributed by atoms with Crippen LogP contribution in [0.2, 0.25) is 0 Å². The van der Waals surface area contributed by atoms with Crippen molar-refractivity contribution in [2.24, 2.45) is 5.92 Å². The summed E-state index contributed by atoms with van der Waals surface area (Å²) in [5, 5.41) is 0. The Balaban J connectivity index is 1.89. The molecule has 2 aromatic rings. The number of carbonyl (C=O) groups excluding carboxylic acids is 1. The molecule has 4 nitrogen and oxygen atoms in total. The summed E-state index contributed by atoms with van der Waals surface area (Å²) in [6.45, 7) is 9.49. The number of rotatable bonds is 11. The van der Waals surface area contributed by atoms with Gasteiger partial charge in [0.15, 0.2) is 9.84 Å². The van der Waals surface area contributed by atoms with Crippen molar-refractivity contribution in [3.8, 4) is 0 Å². The Morgan fingerprint density at radius 1 is 1.06 bits per heavy atom. The van der Waals surface area contributed by atoms with Crippen molar-refractivity contribution in [2.45, 2.75) is 37.0 Å². The first kappa shape index (κ1) is 25.0. The lowest BCUT2D eigenvalue weighted by Crippen LogP contribution is -2.13. The van der Waals surface area contributed by atoms with Crippen molar-refractivity contribution in [3.05, 3.63) is 71.8 Å². The van der Waals surface area contributed by atoms with Crippen LogP contribution in [0.1, 0.15) is 38.3 Å². The first-order chi connectivity index (χ1) is 14.7. The molecule has 1 atom stereocenters. The van der Waals surface area contributed by atoms with Crippen LogP contribution in [0.3, 0.4) is 0 Å². The summed E-state index contributed by atoms with van der Waals surface area (Å²) < 4.78 is 29.9. The summed E-state index contributed by atoms with van der Waals surface area (Å²) in [7, 11) is -3.24. The minimum Gasteiger partial charge on any atom is -0.461 e. The summed E-state index contributed by atoms with van der Waals surface area (Å²) in [5.74, 6) is 0.652. The Labute approximate surface area is 190 Å². The first-order valence-electron chi connectivity index (χ1n) is 10.3. The number of carbonyl (C=O) groups is 1. The fraction of sp³-hybridized carbons (Fsp3) is 0.320. The van der Waals surface area contributed by atoms with E-state index in [9.17, 15) is 13.2 Å². The van der Waals surface area contributed by atoms with Gasteiger partial charge in [-0.05, 0) is 48.2 Å². The SMILES string of the molecule is C=C(C)C(=O)OCCSc1ccc(/C=C/c2ccc(S(=O)(=O)CC(C)CC)cc2)cc1. The van der Waals surface area contributed by atoms with Gasteiger partial charge < -0.3 is 4.74 Å². The highest BCUT2D eigenvalue weighted by atomic mass is 32.2. The van der Waals surface area contributed by atoms with Gasteiger partial charge in [0.2, 0.25) is 0 Å². The van der Waals surface area contributed by atoms with E-state index < -0.39 is 9.84 Å². The Morgan fingerprint density at radius 2 is 1.61 bits per heavy atom. The van der Waals surface area contributed by atoms with E-state index in [-0.39, 0.29) is 17.6 Å². The van der Waals surface area contributed by atoms with Gasteiger partial charge in [-0.15, -0.1) is 11.8 Å². The summed E-state index contributed by atoms with van der Waals surface area (Å²) in [6, 6.07) is 15.1. The van der Waals surface area contributed by atoms with Crippen molar-refractivity contribution in [3.63, 3.8) is 0 Å². The highest BCUT2D eigenvalue weighted by Gasteiger charge is 2.17. The fourth-order valence-electron chi connectivity index (χ4n) is 2.66. The second kappa shape index (κ2) is 11.9. The van der Waals surface area contributed by atoms with Crippen molar-refractivity contribution in [1.82, 2.24) is 0 Å².